The minimum absolute atomic E-state index is 0.105. The van der Waals surface area contributed by atoms with Crippen LogP contribution in [0.5, 0.6) is 0 Å². The molecule has 0 aromatic heterocycles. The Kier molecular flexibility index (Phi) is 9.77. The summed E-state index contributed by atoms with van der Waals surface area (Å²) in [6.45, 7) is 13.1. The number of ether oxygens (including phenoxy) is 2. The van der Waals surface area contributed by atoms with Crippen LogP contribution in [0.2, 0.25) is 0 Å². The number of hydrogen-bond donors (Lipinski definition) is 1. The maximum absolute atomic E-state index is 14.4. The van der Waals surface area contributed by atoms with Crippen LogP contribution >= 0.6 is 0 Å². The SMILES string of the molecule is C=CCN(CCN1CCOCC1)C(=O)C1N(CCCO)C(=O)[C@@H]2[C@H](C(=O)N(CC=C)Cc3ccccc3)[C@@H]3CCC12O3. The second-order valence-corrected chi connectivity index (χ2v) is 11.7. The number of morpholine rings is 1. The van der Waals surface area contributed by atoms with Crippen molar-refractivity contribution in [3.05, 3.63) is 61.2 Å². The Labute approximate surface area is 248 Å². The fourth-order valence-electron chi connectivity index (χ4n) is 7.31. The lowest BCUT2D eigenvalue weighted by atomic mass is 9.70. The van der Waals surface area contributed by atoms with Gasteiger partial charge in [0.05, 0.1) is 31.2 Å². The van der Waals surface area contributed by atoms with E-state index in [4.69, 9.17) is 9.47 Å². The Balaban J connectivity index is 1.42. The van der Waals surface area contributed by atoms with Gasteiger partial charge in [0.2, 0.25) is 17.7 Å². The summed E-state index contributed by atoms with van der Waals surface area (Å²) in [4.78, 5) is 50.1. The van der Waals surface area contributed by atoms with E-state index in [0.29, 0.717) is 65.2 Å². The van der Waals surface area contributed by atoms with E-state index in [1.54, 1.807) is 26.9 Å². The van der Waals surface area contributed by atoms with Gasteiger partial charge in [-0.15, -0.1) is 13.2 Å². The highest BCUT2D eigenvalue weighted by molar-refractivity contribution is 5.99. The van der Waals surface area contributed by atoms with Crippen molar-refractivity contribution in [1.29, 1.82) is 0 Å². The molecule has 42 heavy (non-hydrogen) atoms. The Morgan fingerprint density at radius 3 is 2.45 bits per heavy atom. The first kappa shape index (κ1) is 30.4. The third-order valence-electron chi connectivity index (χ3n) is 9.20. The summed E-state index contributed by atoms with van der Waals surface area (Å²) in [6.07, 6.45) is 4.47. The number of carbonyl (C=O) groups is 3. The summed E-state index contributed by atoms with van der Waals surface area (Å²) in [7, 11) is 0. The maximum atomic E-state index is 14.4. The first-order chi connectivity index (χ1) is 20.4. The minimum Gasteiger partial charge on any atom is -0.396 e. The van der Waals surface area contributed by atoms with Gasteiger partial charge in [0.25, 0.3) is 0 Å². The fraction of sp³-hybridized carbons (Fsp3) is 0.594. The summed E-state index contributed by atoms with van der Waals surface area (Å²) in [5.41, 5.74) is -0.0817. The molecule has 1 N–H and O–H groups in total. The van der Waals surface area contributed by atoms with Crippen LogP contribution in [0.1, 0.15) is 24.8 Å². The average Bonchev–Trinajstić information content (AvgIpc) is 3.65. The van der Waals surface area contributed by atoms with Gasteiger partial charge in [0.15, 0.2) is 0 Å². The molecule has 2 unspecified atom stereocenters. The number of carbonyl (C=O) groups excluding carboxylic acids is 3. The van der Waals surface area contributed by atoms with E-state index < -0.39 is 29.6 Å². The van der Waals surface area contributed by atoms with Crippen LogP contribution in [-0.2, 0) is 30.4 Å². The molecular weight excluding hydrogens is 536 g/mol. The summed E-state index contributed by atoms with van der Waals surface area (Å²) in [5, 5.41) is 9.64. The number of aliphatic hydroxyl groups is 1. The monoisotopic (exact) mass is 580 g/mol. The lowest BCUT2D eigenvalue weighted by molar-refractivity contribution is -0.149. The number of likely N-dealkylation sites (tertiary alicyclic amines) is 1. The highest BCUT2D eigenvalue weighted by atomic mass is 16.5. The predicted octanol–water partition coefficient (Wildman–Crippen LogP) is 1.31. The van der Waals surface area contributed by atoms with Gasteiger partial charge >= 0.3 is 0 Å². The van der Waals surface area contributed by atoms with E-state index in [1.807, 2.05) is 30.3 Å². The van der Waals surface area contributed by atoms with Crippen LogP contribution in [-0.4, -0.2) is 126 Å². The zero-order valence-electron chi connectivity index (χ0n) is 24.4. The van der Waals surface area contributed by atoms with Crippen molar-refractivity contribution in [2.24, 2.45) is 11.8 Å². The van der Waals surface area contributed by atoms with E-state index in [2.05, 4.69) is 18.1 Å². The molecule has 10 nitrogen and oxygen atoms in total. The molecular formula is C32H44N4O6. The van der Waals surface area contributed by atoms with Gasteiger partial charge < -0.3 is 29.3 Å². The molecule has 2 bridgehead atoms. The van der Waals surface area contributed by atoms with E-state index >= 15 is 0 Å². The number of benzene rings is 1. The molecule has 1 aromatic carbocycles. The van der Waals surface area contributed by atoms with Gasteiger partial charge in [0, 0.05) is 59.0 Å². The second-order valence-electron chi connectivity index (χ2n) is 11.7. The second kappa shape index (κ2) is 13.5. The predicted molar refractivity (Wildman–Crippen MR) is 157 cm³/mol. The van der Waals surface area contributed by atoms with Gasteiger partial charge in [-0.2, -0.15) is 0 Å². The molecule has 0 saturated carbocycles. The summed E-state index contributed by atoms with van der Waals surface area (Å²) >= 11 is 0. The third-order valence-corrected chi connectivity index (χ3v) is 9.20. The minimum atomic E-state index is -1.07. The number of nitrogens with zero attached hydrogens (tertiary/aromatic N) is 4. The van der Waals surface area contributed by atoms with E-state index in [0.717, 1.165) is 18.7 Å². The first-order valence-electron chi connectivity index (χ1n) is 15.2. The molecule has 4 saturated heterocycles. The molecule has 4 aliphatic heterocycles. The van der Waals surface area contributed by atoms with Gasteiger partial charge in [-0.1, -0.05) is 42.5 Å². The van der Waals surface area contributed by atoms with Crippen molar-refractivity contribution < 1.29 is 29.0 Å². The first-order valence-corrected chi connectivity index (χ1v) is 15.2. The molecule has 228 valence electrons. The standard InChI is InChI=1S/C32H44N4O6/c1-3-13-34(17-16-33-18-21-41-22-19-33)31(40)28-32-12-11-25(42-32)26(27(32)30(39)36(28)15-8-20-37)29(38)35(14-4-2)23-24-9-6-5-7-10-24/h3-7,9-10,25-28,37H,1-2,8,11-23H2/t25-,26+,27-,28?,32?/m0/s1. The number of fused-ring (bicyclic) bond motifs is 1. The highest BCUT2D eigenvalue weighted by Crippen LogP contribution is 2.59. The number of amides is 3. The largest absolute Gasteiger partial charge is 0.396 e. The molecule has 4 fully saturated rings. The lowest BCUT2D eigenvalue weighted by Crippen LogP contribution is -2.57. The summed E-state index contributed by atoms with van der Waals surface area (Å²) in [6, 6.07) is 8.90. The Morgan fingerprint density at radius 2 is 1.76 bits per heavy atom. The molecule has 3 amide bonds. The molecule has 0 aliphatic carbocycles. The molecule has 5 atom stereocenters. The molecule has 1 aromatic rings. The summed E-state index contributed by atoms with van der Waals surface area (Å²) < 4.78 is 12.1. The Bertz CT molecular complexity index is 1140. The Hall–Kier alpha value is -3.05. The van der Waals surface area contributed by atoms with Crippen LogP contribution in [0.25, 0.3) is 0 Å². The average molecular weight is 581 g/mol. The fourth-order valence-corrected chi connectivity index (χ4v) is 7.31. The maximum Gasteiger partial charge on any atom is 0.248 e. The van der Waals surface area contributed by atoms with Crippen LogP contribution in [0, 0.1) is 11.8 Å². The number of aliphatic hydroxyl groups excluding tert-OH is 1. The number of hydrogen-bond acceptors (Lipinski definition) is 7. The third kappa shape index (κ3) is 5.77. The van der Waals surface area contributed by atoms with Crippen molar-refractivity contribution in [3.63, 3.8) is 0 Å². The van der Waals surface area contributed by atoms with E-state index in [-0.39, 0.29) is 30.9 Å². The summed E-state index contributed by atoms with van der Waals surface area (Å²) in [5.74, 6) is -1.98. The number of rotatable bonds is 14. The van der Waals surface area contributed by atoms with Crippen molar-refractivity contribution in [2.75, 3.05) is 65.6 Å². The zero-order valence-corrected chi connectivity index (χ0v) is 24.4. The molecule has 1 spiro atoms. The van der Waals surface area contributed by atoms with Crippen molar-refractivity contribution in [3.8, 4) is 0 Å². The van der Waals surface area contributed by atoms with Crippen LogP contribution in [0.4, 0.5) is 0 Å². The van der Waals surface area contributed by atoms with Gasteiger partial charge in [0.1, 0.15) is 11.6 Å². The van der Waals surface area contributed by atoms with Crippen molar-refractivity contribution in [1.82, 2.24) is 19.6 Å². The zero-order chi connectivity index (χ0) is 29.7. The van der Waals surface area contributed by atoms with E-state index in [9.17, 15) is 19.5 Å². The smallest absolute Gasteiger partial charge is 0.248 e. The van der Waals surface area contributed by atoms with Gasteiger partial charge in [-0.3, -0.25) is 19.3 Å². The molecule has 10 heteroatoms. The van der Waals surface area contributed by atoms with Gasteiger partial charge in [-0.25, -0.2) is 0 Å². The molecule has 0 radical (unpaired) electrons. The Morgan fingerprint density at radius 1 is 1.05 bits per heavy atom. The van der Waals surface area contributed by atoms with E-state index in [1.165, 1.54) is 0 Å². The quantitative estimate of drug-likeness (QED) is 0.331. The molecule has 5 rings (SSSR count). The van der Waals surface area contributed by atoms with Crippen LogP contribution < -0.4 is 0 Å². The highest BCUT2D eigenvalue weighted by Gasteiger charge is 2.74. The molecule has 4 heterocycles. The van der Waals surface area contributed by atoms with Crippen molar-refractivity contribution >= 4 is 17.7 Å². The molecule has 4 aliphatic rings. The van der Waals surface area contributed by atoms with Crippen LogP contribution in [0.15, 0.2) is 55.6 Å². The van der Waals surface area contributed by atoms with Crippen molar-refractivity contribution in [2.45, 2.75) is 43.6 Å². The van der Waals surface area contributed by atoms with Gasteiger partial charge in [-0.05, 0) is 24.8 Å². The van der Waals surface area contributed by atoms with Crippen LogP contribution in [0.3, 0.4) is 0 Å². The lowest BCUT2D eigenvalue weighted by Gasteiger charge is -2.37. The normalized spacial score (nSPS) is 28.5. The topological polar surface area (TPSA) is 103 Å².